The van der Waals surface area contributed by atoms with Gasteiger partial charge in [0.05, 0.1) is 0 Å². The molecule has 14 heavy (non-hydrogen) atoms. The van der Waals surface area contributed by atoms with E-state index < -0.39 is 0 Å². The lowest BCUT2D eigenvalue weighted by atomic mass is 9.98. The molecule has 2 nitrogen and oxygen atoms in total. The number of pyridine rings is 1. The summed E-state index contributed by atoms with van der Waals surface area (Å²) in [4.78, 5) is 15.0. The van der Waals surface area contributed by atoms with Gasteiger partial charge < -0.3 is 4.79 Å². The molecule has 0 bridgehead atoms. The molecular weight excluding hydrogens is 242 g/mol. The average molecular weight is 256 g/mol. The van der Waals surface area contributed by atoms with Crippen molar-refractivity contribution in [3.63, 3.8) is 0 Å². The zero-order chi connectivity index (χ0) is 10.6. The summed E-state index contributed by atoms with van der Waals surface area (Å²) in [6.45, 7) is 3.72. The zero-order valence-electron chi connectivity index (χ0n) is 8.46. The number of nitrogens with zero attached hydrogens (tertiary/aromatic N) is 1. The highest BCUT2D eigenvalue weighted by atomic mass is 79.9. The molecule has 0 radical (unpaired) electrons. The van der Waals surface area contributed by atoms with Gasteiger partial charge in [-0.1, -0.05) is 6.92 Å². The lowest BCUT2D eigenvalue weighted by molar-refractivity contribution is -0.117. The quantitative estimate of drug-likeness (QED) is 0.828. The van der Waals surface area contributed by atoms with Gasteiger partial charge in [-0.25, -0.2) is 0 Å². The van der Waals surface area contributed by atoms with Gasteiger partial charge in [0, 0.05) is 23.3 Å². The molecule has 0 saturated heterocycles. The molecule has 0 aromatic carbocycles. The minimum atomic E-state index is 0.250. The largest absolute Gasteiger partial charge is 0.300 e. The van der Waals surface area contributed by atoms with E-state index in [9.17, 15) is 4.79 Å². The number of hydrogen-bond donors (Lipinski definition) is 0. The van der Waals surface area contributed by atoms with Gasteiger partial charge in [0.1, 0.15) is 5.78 Å². The fraction of sp³-hybridized carbons (Fsp3) is 0.455. The fourth-order valence-electron chi connectivity index (χ4n) is 1.53. The first-order valence-corrected chi connectivity index (χ1v) is 5.46. The number of ketones is 1. The van der Waals surface area contributed by atoms with Crippen LogP contribution >= 0.6 is 15.9 Å². The molecule has 0 aliphatic heterocycles. The molecule has 0 N–H and O–H groups in total. The van der Waals surface area contributed by atoms with E-state index in [1.165, 1.54) is 5.56 Å². The fourth-order valence-corrected chi connectivity index (χ4v) is 1.94. The number of halogens is 1. The summed E-state index contributed by atoms with van der Waals surface area (Å²) in [6, 6.07) is 2.05. The average Bonchev–Trinajstić information content (AvgIpc) is 2.01. The van der Waals surface area contributed by atoms with Crippen molar-refractivity contribution < 1.29 is 4.79 Å². The maximum atomic E-state index is 10.9. The molecule has 3 heteroatoms. The third-order valence-corrected chi connectivity index (χ3v) is 2.42. The van der Waals surface area contributed by atoms with Crippen molar-refractivity contribution in [1.82, 2.24) is 4.98 Å². The summed E-state index contributed by atoms with van der Waals surface area (Å²) in [7, 11) is 0. The maximum absolute atomic E-state index is 10.9. The number of aromatic nitrogens is 1. The molecule has 1 heterocycles. The second-order valence-corrected chi connectivity index (χ2v) is 4.64. The Bertz CT molecular complexity index is 325. The third-order valence-electron chi connectivity index (χ3n) is 1.98. The Kier molecular flexibility index (Phi) is 4.26. The van der Waals surface area contributed by atoms with Crippen molar-refractivity contribution in [2.24, 2.45) is 5.92 Å². The van der Waals surface area contributed by atoms with Gasteiger partial charge in [-0.15, -0.1) is 0 Å². The first-order valence-electron chi connectivity index (χ1n) is 4.67. The topological polar surface area (TPSA) is 30.0 Å². The highest BCUT2D eigenvalue weighted by Crippen LogP contribution is 2.15. The number of hydrogen-bond acceptors (Lipinski definition) is 2. The van der Waals surface area contributed by atoms with Crippen molar-refractivity contribution in [1.29, 1.82) is 0 Å². The standard InChI is InChI=1S/C11H14BrNO/c1-8(3-9(2)14)4-10-5-11(12)7-13-6-10/h5-8H,3-4H2,1-2H3. The molecule has 1 aromatic rings. The highest BCUT2D eigenvalue weighted by molar-refractivity contribution is 9.10. The van der Waals surface area contributed by atoms with Crippen molar-refractivity contribution in [3.05, 3.63) is 28.5 Å². The summed E-state index contributed by atoms with van der Waals surface area (Å²) in [5, 5.41) is 0. The van der Waals surface area contributed by atoms with Gasteiger partial charge in [-0.05, 0) is 46.8 Å². The first kappa shape index (κ1) is 11.4. The van der Waals surface area contributed by atoms with E-state index in [2.05, 4.69) is 27.8 Å². The third kappa shape index (κ3) is 4.01. The van der Waals surface area contributed by atoms with Gasteiger partial charge in [0.25, 0.3) is 0 Å². The molecule has 0 fully saturated rings. The molecule has 0 aliphatic rings. The second-order valence-electron chi connectivity index (χ2n) is 3.73. The van der Waals surface area contributed by atoms with E-state index in [1.807, 2.05) is 12.3 Å². The summed E-state index contributed by atoms with van der Waals surface area (Å²) in [5.41, 5.74) is 1.17. The molecule has 0 spiro atoms. The molecular formula is C11H14BrNO. The van der Waals surface area contributed by atoms with E-state index in [-0.39, 0.29) is 5.78 Å². The van der Waals surface area contributed by atoms with E-state index in [0.717, 1.165) is 10.9 Å². The molecule has 1 unspecified atom stereocenters. The lowest BCUT2D eigenvalue weighted by Gasteiger charge is -2.08. The molecule has 1 rings (SSSR count). The van der Waals surface area contributed by atoms with Gasteiger partial charge in [0.2, 0.25) is 0 Å². The van der Waals surface area contributed by atoms with Crippen LogP contribution in [0.4, 0.5) is 0 Å². The normalized spacial score (nSPS) is 12.5. The van der Waals surface area contributed by atoms with Gasteiger partial charge in [0.15, 0.2) is 0 Å². The Morgan fingerprint density at radius 2 is 2.29 bits per heavy atom. The monoisotopic (exact) mass is 255 g/mol. The second kappa shape index (κ2) is 5.25. The predicted octanol–water partition coefficient (Wildman–Crippen LogP) is 3.00. The Labute approximate surface area is 92.9 Å². The van der Waals surface area contributed by atoms with Crippen LogP contribution in [0.15, 0.2) is 22.9 Å². The van der Waals surface area contributed by atoms with E-state index in [4.69, 9.17) is 0 Å². The van der Waals surface area contributed by atoms with Crippen LogP contribution in [0.1, 0.15) is 25.8 Å². The van der Waals surface area contributed by atoms with Crippen molar-refractivity contribution >= 4 is 21.7 Å². The Hall–Kier alpha value is -0.700. The smallest absolute Gasteiger partial charge is 0.130 e. The molecule has 1 aromatic heterocycles. The Morgan fingerprint density at radius 3 is 2.86 bits per heavy atom. The van der Waals surface area contributed by atoms with Crippen LogP contribution in [0.5, 0.6) is 0 Å². The first-order chi connectivity index (χ1) is 6.58. The summed E-state index contributed by atoms with van der Waals surface area (Å²) in [5.74, 6) is 0.643. The van der Waals surface area contributed by atoms with Crippen LogP contribution < -0.4 is 0 Å². The van der Waals surface area contributed by atoms with Crippen LogP contribution in [-0.2, 0) is 11.2 Å². The van der Waals surface area contributed by atoms with Crippen LogP contribution in [-0.4, -0.2) is 10.8 Å². The van der Waals surface area contributed by atoms with Crippen molar-refractivity contribution in [3.8, 4) is 0 Å². The lowest BCUT2D eigenvalue weighted by Crippen LogP contribution is -2.05. The summed E-state index contributed by atoms with van der Waals surface area (Å²) < 4.78 is 0.991. The minimum Gasteiger partial charge on any atom is -0.300 e. The van der Waals surface area contributed by atoms with Crippen molar-refractivity contribution in [2.45, 2.75) is 26.7 Å². The van der Waals surface area contributed by atoms with Crippen LogP contribution in [0.3, 0.4) is 0 Å². The van der Waals surface area contributed by atoms with E-state index >= 15 is 0 Å². The molecule has 76 valence electrons. The highest BCUT2D eigenvalue weighted by Gasteiger charge is 2.06. The number of carbonyl (C=O) groups is 1. The maximum Gasteiger partial charge on any atom is 0.130 e. The number of rotatable bonds is 4. The Morgan fingerprint density at radius 1 is 1.57 bits per heavy atom. The van der Waals surface area contributed by atoms with E-state index in [1.54, 1.807) is 13.1 Å². The Balaban J connectivity index is 2.55. The van der Waals surface area contributed by atoms with Crippen LogP contribution in [0.25, 0.3) is 0 Å². The van der Waals surface area contributed by atoms with Gasteiger partial charge in [-0.2, -0.15) is 0 Å². The number of Topliss-reactive ketones (excluding diaryl/α,β-unsaturated/α-hetero) is 1. The van der Waals surface area contributed by atoms with E-state index in [0.29, 0.717) is 12.3 Å². The zero-order valence-corrected chi connectivity index (χ0v) is 10.0. The van der Waals surface area contributed by atoms with Gasteiger partial charge in [-0.3, -0.25) is 4.98 Å². The molecule has 1 atom stereocenters. The van der Waals surface area contributed by atoms with Crippen LogP contribution in [0, 0.1) is 5.92 Å². The molecule has 0 amide bonds. The number of carbonyl (C=O) groups excluding carboxylic acids is 1. The predicted molar refractivity (Wildman–Crippen MR) is 60.1 cm³/mol. The van der Waals surface area contributed by atoms with Crippen molar-refractivity contribution in [2.75, 3.05) is 0 Å². The molecule has 0 saturated carbocycles. The van der Waals surface area contributed by atoms with Crippen LogP contribution in [0.2, 0.25) is 0 Å². The summed E-state index contributed by atoms with van der Waals surface area (Å²) in [6.07, 6.45) is 5.17. The SMILES string of the molecule is CC(=O)CC(C)Cc1cncc(Br)c1. The molecule has 0 aliphatic carbocycles. The minimum absolute atomic E-state index is 0.250. The van der Waals surface area contributed by atoms with Gasteiger partial charge >= 0.3 is 0 Å². The summed E-state index contributed by atoms with van der Waals surface area (Å²) >= 11 is 3.37.